The van der Waals surface area contributed by atoms with Crippen LogP contribution in [0.2, 0.25) is 0 Å². The fraction of sp³-hybridized carbons (Fsp3) is 0.158. The number of rotatable bonds is 4. The number of benzene rings is 2. The van der Waals surface area contributed by atoms with Gasteiger partial charge in [-0.25, -0.2) is 4.79 Å². The molecule has 0 saturated heterocycles. The average Bonchev–Trinajstić information content (AvgIpc) is 2.60. The van der Waals surface area contributed by atoms with Crippen molar-refractivity contribution in [1.82, 2.24) is 0 Å². The Hall–Kier alpha value is -2.80. The molecule has 27 heavy (non-hydrogen) atoms. The molecule has 140 valence electrons. The average molecular weight is 397 g/mol. The third-order valence-corrected chi connectivity index (χ3v) is 4.59. The first-order valence-electron chi connectivity index (χ1n) is 7.71. The lowest BCUT2D eigenvalue weighted by atomic mass is 9.97. The van der Waals surface area contributed by atoms with Crippen LogP contribution < -0.4 is 4.74 Å². The van der Waals surface area contributed by atoms with E-state index in [0.29, 0.717) is 23.8 Å². The van der Waals surface area contributed by atoms with Crippen LogP contribution in [-0.4, -0.2) is 28.6 Å². The van der Waals surface area contributed by atoms with Crippen molar-refractivity contribution in [3.63, 3.8) is 0 Å². The number of carboxylic acids is 1. The minimum atomic E-state index is -5.13. The van der Waals surface area contributed by atoms with Crippen LogP contribution in [0.3, 0.4) is 0 Å². The SMILES string of the molecule is O=Cc1ccc(Cc2ccc3c(c2)OC(Cl)(C(F)(F)F)C(C(=O)O)=C3)cc1. The molecule has 8 heteroatoms. The lowest BCUT2D eigenvalue weighted by molar-refractivity contribution is -0.204. The quantitative estimate of drug-likeness (QED) is 0.612. The highest BCUT2D eigenvalue weighted by Gasteiger charge is 2.62. The Labute approximate surface area is 156 Å². The van der Waals surface area contributed by atoms with Gasteiger partial charge >= 0.3 is 17.2 Å². The summed E-state index contributed by atoms with van der Waals surface area (Å²) in [5.41, 5.74) is 1.08. The number of aliphatic carboxylic acids is 1. The number of carboxylic acid groups (broad SMARTS) is 1. The highest BCUT2D eigenvalue weighted by molar-refractivity contribution is 6.29. The molecular weight excluding hydrogens is 385 g/mol. The Morgan fingerprint density at radius 2 is 1.78 bits per heavy atom. The van der Waals surface area contributed by atoms with Crippen molar-refractivity contribution in [2.24, 2.45) is 0 Å². The summed E-state index contributed by atoms with van der Waals surface area (Å²) in [7, 11) is 0. The molecule has 4 nitrogen and oxygen atoms in total. The summed E-state index contributed by atoms with van der Waals surface area (Å²) in [4.78, 5) is 21.9. The number of halogens is 4. The van der Waals surface area contributed by atoms with E-state index in [1.165, 1.54) is 12.1 Å². The number of fused-ring (bicyclic) bond motifs is 1. The summed E-state index contributed by atoms with van der Waals surface area (Å²) in [6, 6.07) is 11.2. The summed E-state index contributed by atoms with van der Waals surface area (Å²) < 4.78 is 45.0. The van der Waals surface area contributed by atoms with E-state index in [0.717, 1.165) is 11.6 Å². The molecular formula is C19H12ClF3O4. The number of carbonyl (C=O) groups excluding carboxylic acids is 1. The van der Waals surface area contributed by atoms with Gasteiger partial charge in [0, 0.05) is 11.1 Å². The van der Waals surface area contributed by atoms with Crippen LogP contribution >= 0.6 is 11.6 Å². The number of aldehydes is 1. The lowest BCUT2D eigenvalue weighted by Crippen LogP contribution is -2.50. The van der Waals surface area contributed by atoms with Gasteiger partial charge in [-0.05, 0) is 29.7 Å². The molecule has 1 aliphatic heterocycles. The van der Waals surface area contributed by atoms with Crippen molar-refractivity contribution in [1.29, 1.82) is 0 Å². The summed E-state index contributed by atoms with van der Waals surface area (Å²) in [5, 5.41) is 5.64. The fourth-order valence-corrected chi connectivity index (χ4v) is 2.93. The van der Waals surface area contributed by atoms with Crippen LogP contribution in [0.4, 0.5) is 13.2 Å². The third kappa shape index (κ3) is 3.55. The second-order valence-electron chi connectivity index (χ2n) is 5.97. The maximum atomic E-state index is 13.4. The van der Waals surface area contributed by atoms with Gasteiger partial charge in [0.1, 0.15) is 17.6 Å². The van der Waals surface area contributed by atoms with Crippen LogP contribution in [0.5, 0.6) is 5.75 Å². The van der Waals surface area contributed by atoms with Crippen molar-refractivity contribution in [3.05, 3.63) is 70.3 Å². The Kier molecular flexibility index (Phi) is 4.73. The fourth-order valence-electron chi connectivity index (χ4n) is 2.71. The molecule has 0 radical (unpaired) electrons. The number of alkyl halides is 4. The van der Waals surface area contributed by atoms with E-state index in [9.17, 15) is 22.8 Å². The predicted octanol–water partition coefficient (Wildman–Crippen LogP) is 4.45. The molecule has 2 aromatic carbocycles. The molecule has 0 bridgehead atoms. The first-order valence-corrected chi connectivity index (χ1v) is 8.09. The first kappa shape index (κ1) is 19.0. The summed E-state index contributed by atoms with van der Waals surface area (Å²) in [6.07, 6.45) is -3.17. The molecule has 3 rings (SSSR count). The second-order valence-corrected chi connectivity index (χ2v) is 6.50. The van der Waals surface area contributed by atoms with Gasteiger partial charge in [0.2, 0.25) is 0 Å². The summed E-state index contributed by atoms with van der Waals surface area (Å²) in [5.74, 6) is -1.97. The Morgan fingerprint density at radius 3 is 2.33 bits per heavy atom. The van der Waals surface area contributed by atoms with E-state index in [1.807, 2.05) is 0 Å². The molecule has 0 amide bonds. The smallest absolute Gasteiger partial charge is 0.448 e. The second kappa shape index (κ2) is 6.74. The van der Waals surface area contributed by atoms with Gasteiger partial charge in [0.25, 0.3) is 0 Å². The minimum absolute atomic E-state index is 0.158. The standard InChI is InChI=1S/C19H12ClF3O4/c20-18(19(21,22)23)15(17(25)26)9-14-6-5-13(8-16(14)27-18)7-11-1-3-12(10-24)4-2-11/h1-6,8-10H,7H2,(H,25,26). The van der Waals surface area contributed by atoms with Crippen molar-refractivity contribution >= 4 is 29.9 Å². The number of carbonyl (C=O) groups is 2. The normalized spacial score (nSPS) is 18.9. The van der Waals surface area contributed by atoms with Gasteiger partial charge in [-0.1, -0.05) is 48.0 Å². The molecule has 0 aromatic heterocycles. The molecule has 2 aromatic rings. The number of ether oxygens (including phenoxy) is 1. The van der Waals surface area contributed by atoms with Crippen LogP contribution in [0.1, 0.15) is 27.0 Å². The van der Waals surface area contributed by atoms with E-state index in [2.05, 4.69) is 0 Å². The van der Waals surface area contributed by atoms with Gasteiger partial charge in [-0.3, -0.25) is 4.79 Å². The zero-order chi connectivity index (χ0) is 19.8. The topological polar surface area (TPSA) is 63.6 Å². The van der Waals surface area contributed by atoms with E-state index < -0.39 is 22.8 Å². The van der Waals surface area contributed by atoms with E-state index >= 15 is 0 Å². The molecule has 0 spiro atoms. The van der Waals surface area contributed by atoms with E-state index in [1.54, 1.807) is 30.3 Å². The number of hydrogen-bond acceptors (Lipinski definition) is 3. The highest BCUT2D eigenvalue weighted by Crippen LogP contribution is 2.48. The molecule has 1 N–H and O–H groups in total. The highest BCUT2D eigenvalue weighted by atomic mass is 35.5. The zero-order valence-corrected chi connectivity index (χ0v) is 14.3. The molecule has 0 saturated carbocycles. The van der Waals surface area contributed by atoms with Gasteiger partial charge < -0.3 is 9.84 Å². The number of hydrogen-bond donors (Lipinski definition) is 1. The Balaban J connectivity index is 1.96. The van der Waals surface area contributed by atoms with E-state index in [-0.39, 0.29) is 11.3 Å². The zero-order valence-electron chi connectivity index (χ0n) is 13.6. The maximum Gasteiger partial charge on any atom is 0.448 e. The van der Waals surface area contributed by atoms with Gasteiger partial charge in [0.15, 0.2) is 0 Å². The maximum absolute atomic E-state index is 13.4. The molecule has 1 heterocycles. The van der Waals surface area contributed by atoms with Crippen molar-refractivity contribution < 1.29 is 32.6 Å². The Morgan fingerprint density at radius 1 is 1.15 bits per heavy atom. The Bertz CT molecular complexity index is 935. The third-order valence-electron chi connectivity index (χ3n) is 4.09. The largest absolute Gasteiger partial charge is 0.478 e. The van der Waals surface area contributed by atoms with Gasteiger partial charge in [-0.2, -0.15) is 13.2 Å². The van der Waals surface area contributed by atoms with Crippen molar-refractivity contribution in [3.8, 4) is 5.75 Å². The van der Waals surface area contributed by atoms with Crippen LogP contribution in [0.15, 0.2) is 48.0 Å². The first-order chi connectivity index (χ1) is 12.6. The van der Waals surface area contributed by atoms with Crippen molar-refractivity contribution in [2.45, 2.75) is 17.7 Å². The monoisotopic (exact) mass is 396 g/mol. The summed E-state index contributed by atoms with van der Waals surface area (Å²) in [6.45, 7) is 0. The molecule has 0 fully saturated rings. The van der Waals surface area contributed by atoms with Crippen molar-refractivity contribution in [2.75, 3.05) is 0 Å². The molecule has 1 unspecified atom stereocenters. The van der Waals surface area contributed by atoms with Crippen LogP contribution in [-0.2, 0) is 11.2 Å². The van der Waals surface area contributed by atoms with Gasteiger partial charge in [-0.15, -0.1) is 0 Å². The minimum Gasteiger partial charge on any atom is -0.478 e. The summed E-state index contributed by atoms with van der Waals surface area (Å²) >= 11 is 5.56. The molecule has 1 aliphatic rings. The van der Waals surface area contributed by atoms with Crippen LogP contribution in [0.25, 0.3) is 6.08 Å². The van der Waals surface area contributed by atoms with Gasteiger partial charge in [0.05, 0.1) is 0 Å². The van der Waals surface area contributed by atoms with E-state index in [4.69, 9.17) is 21.4 Å². The lowest BCUT2D eigenvalue weighted by Gasteiger charge is -2.34. The molecule has 0 aliphatic carbocycles. The predicted molar refractivity (Wildman–Crippen MR) is 92.0 cm³/mol. The molecule has 1 atom stereocenters. The van der Waals surface area contributed by atoms with Crippen LogP contribution in [0, 0.1) is 0 Å².